The van der Waals surface area contributed by atoms with Gasteiger partial charge >= 0.3 is 0 Å². The monoisotopic (exact) mass is 191 g/mol. The molecule has 76 valence electrons. The lowest BCUT2D eigenvalue weighted by molar-refractivity contribution is 0.616. The van der Waals surface area contributed by atoms with Crippen molar-refractivity contribution in [2.75, 3.05) is 11.1 Å². The summed E-state index contributed by atoms with van der Waals surface area (Å²) in [6.45, 7) is 2.22. The van der Waals surface area contributed by atoms with Gasteiger partial charge in [0.25, 0.3) is 0 Å². The number of hydrogen-bond donors (Lipinski definition) is 2. The Balaban J connectivity index is 1.98. The van der Waals surface area contributed by atoms with E-state index in [1.807, 2.05) is 12.1 Å². The standard InChI is InChI=1S/C11H17N3/c1-2-10(8-3-4-8)14-9-5-6-11(12)13-7-9/h5-8,10,14H,2-4H2,1H3,(H2,12,13). The summed E-state index contributed by atoms with van der Waals surface area (Å²) in [5, 5.41) is 3.50. The Kier molecular flexibility index (Phi) is 2.57. The molecule has 3 heteroatoms. The van der Waals surface area contributed by atoms with Crippen LogP contribution in [-0.4, -0.2) is 11.0 Å². The molecule has 1 unspecified atom stereocenters. The molecule has 14 heavy (non-hydrogen) atoms. The van der Waals surface area contributed by atoms with Gasteiger partial charge in [-0.15, -0.1) is 0 Å². The largest absolute Gasteiger partial charge is 0.384 e. The fraction of sp³-hybridized carbons (Fsp3) is 0.545. The van der Waals surface area contributed by atoms with Gasteiger partial charge in [0.1, 0.15) is 5.82 Å². The van der Waals surface area contributed by atoms with Crippen LogP contribution in [0.5, 0.6) is 0 Å². The van der Waals surface area contributed by atoms with E-state index in [2.05, 4.69) is 17.2 Å². The van der Waals surface area contributed by atoms with Crippen molar-refractivity contribution in [1.82, 2.24) is 4.98 Å². The van der Waals surface area contributed by atoms with E-state index in [4.69, 9.17) is 5.73 Å². The van der Waals surface area contributed by atoms with Crippen molar-refractivity contribution >= 4 is 11.5 Å². The number of anilines is 2. The smallest absolute Gasteiger partial charge is 0.123 e. The highest BCUT2D eigenvalue weighted by Crippen LogP contribution is 2.35. The quantitative estimate of drug-likeness (QED) is 0.767. The van der Waals surface area contributed by atoms with Crippen LogP contribution in [0.1, 0.15) is 26.2 Å². The summed E-state index contributed by atoms with van der Waals surface area (Å²) in [6, 6.07) is 4.44. The molecule has 0 aromatic carbocycles. The summed E-state index contributed by atoms with van der Waals surface area (Å²) in [6.07, 6.45) is 5.72. The van der Waals surface area contributed by atoms with Crippen molar-refractivity contribution < 1.29 is 0 Å². The average Bonchev–Trinajstić information content (AvgIpc) is 3.01. The molecule has 1 saturated carbocycles. The molecule has 1 aliphatic carbocycles. The lowest BCUT2D eigenvalue weighted by Crippen LogP contribution is -2.20. The molecule has 1 aromatic rings. The molecule has 0 spiro atoms. The summed E-state index contributed by atoms with van der Waals surface area (Å²) in [5.74, 6) is 1.45. The molecule has 0 saturated heterocycles. The third kappa shape index (κ3) is 2.16. The molecule has 1 atom stereocenters. The first-order chi connectivity index (χ1) is 6.79. The molecule has 3 nitrogen and oxygen atoms in total. The molecule has 0 bridgehead atoms. The maximum Gasteiger partial charge on any atom is 0.123 e. The molecule has 1 aliphatic rings. The van der Waals surface area contributed by atoms with Crippen LogP contribution in [0.15, 0.2) is 18.3 Å². The van der Waals surface area contributed by atoms with E-state index in [0.29, 0.717) is 11.9 Å². The Hall–Kier alpha value is -1.25. The van der Waals surface area contributed by atoms with Crippen LogP contribution in [0, 0.1) is 5.92 Å². The number of nitrogen functional groups attached to an aromatic ring is 1. The number of nitrogens with two attached hydrogens (primary N) is 1. The van der Waals surface area contributed by atoms with Crippen LogP contribution in [0.25, 0.3) is 0 Å². The van der Waals surface area contributed by atoms with Gasteiger partial charge in [-0.1, -0.05) is 6.92 Å². The molecule has 2 rings (SSSR count). The zero-order valence-corrected chi connectivity index (χ0v) is 8.53. The van der Waals surface area contributed by atoms with Gasteiger partial charge in [0.15, 0.2) is 0 Å². The Morgan fingerprint density at radius 3 is 2.86 bits per heavy atom. The third-order valence-electron chi connectivity index (χ3n) is 2.77. The molecule has 1 aromatic heterocycles. The zero-order valence-electron chi connectivity index (χ0n) is 8.53. The summed E-state index contributed by atoms with van der Waals surface area (Å²) in [5.41, 5.74) is 6.60. The van der Waals surface area contributed by atoms with Crippen molar-refractivity contribution in [2.24, 2.45) is 5.92 Å². The van der Waals surface area contributed by atoms with E-state index < -0.39 is 0 Å². The van der Waals surface area contributed by atoms with Gasteiger partial charge in [-0.25, -0.2) is 4.98 Å². The Morgan fingerprint density at radius 1 is 1.57 bits per heavy atom. The number of rotatable bonds is 4. The lowest BCUT2D eigenvalue weighted by Gasteiger charge is -2.17. The number of aromatic nitrogens is 1. The van der Waals surface area contributed by atoms with Crippen LogP contribution >= 0.6 is 0 Å². The molecule has 0 aliphatic heterocycles. The van der Waals surface area contributed by atoms with Crippen LogP contribution < -0.4 is 11.1 Å². The summed E-state index contributed by atoms with van der Waals surface area (Å²) >= 11 is 0. The maximum absolute atomic E-state index is 5.52. The summed E-state index contributed by atoms with van der Waals surface area (Å²) in [4.78, 5) is 4.06. The van der Waals surface area contributed by atoms with Crippen molar-refractivity contribution in [1.29, 1.82) is 0 Å². The highest BCUT2D eigenvalue weighted by molar-refractivity contribution is 5.46. The van der Waals surface area contributed by atoms with E-state index in [0.717, 1.165) is 11.6 Å². The van der Waals surface area contributed by atoms with Crippen LogP contribution in [0.2, 0.25) is 0 Å². The van der Waals surface area contributed by atoms with Crippen molar-refractivity contribution in [3.8, 4) is 0 Å². The number of pyridine rings is 1. The highest BCUT2D eigenvalue weighted by Gasteiger charge is 2.29. The van der Waals surface area contributed by atoms with Gasteiger partial charge in [-0.2, -0.15) is 0 Å². The van der Waals surface area contributed by atoms with Crippen molar-refractivity contribution in [3.05, 3.63) is 18.3 Å². The maximum atomic E-state index is 5.52. The minimum atomic E-state index is 0.579. The minimum absolute atomic E-state index is 0.579. The lowest BCUT2D eigenvalue weighted by atomic mass is 10.1. The van der Waals surface area contributed by atoms with Gasteiger partial charge in [-0.3, -0.25) is 0 Å². The second-order valence-electron chi connectivity index (χ2n) is 3.97. The molecule has 0 amide bonds. The molecular formula is C11H17N3. The van der Waals surface area contributed by atoms with Gasteiger partial charge in [-0.05, 0) is 37.3 Å². The van der Waals surface area contributed by atoms with E-state index in [1.165, 1.54) is 19.3 Å². The molecule has 1 heterocycles. The third-order valence-corrected chi connectivity index (χ3v) is 2.77. The van der Waals surface area contributed by atoms with Crippen LogP contribution in [-0.2, 0) is 0 Å². The van der Waals surface area contributed by atoms with E-state index in [-0.39, 0.29) is 0 Å². The Morgan fingerprint density at radius 2 is 2.36 bits per heavy atom. The van der Waals surface area contributed by atoms with Crippen LogP contribution in [0.4, 0.5) is 11.5 Å². The van der Waals surface area contributed by atoms with Gasteiger partial charge < -0.3 is 11.1 Å². The number of hydrogen-bond acceptors (Lipinski definition) is 3. The summed E-state index contributed by atoms with van der Waals surface area (Å²) in [7, 11) is 0. The first-order valence-corrected chi connectivity index (χ1v) is 5.27. The number of nitrogens with zero attached hydrogens (tertiary/aromatic N) is 1. The fourth-order valence-corrected chi connectivity index (χ4v) is 1.76. The van der Waals surface area contributed by atoms with E-state index >= 15 is 0 Å². The average molecular weight is 191 g/mol. The SMILES string of the molecule is CCC(Nc1ccc(N)nc1)C1CC1. The summed E-state index contributed by atoms with van der Waals surface area (Å²) < 4.78 is 0. The molecule has 3 N–H and O–H groups in total. The van der Waals surface area contributed by atoms with Crippen molar-refractivity contribution in [3.63, 3.8) is 0 Å². The second-order valence-corrected chi connectivity index (χ2v) is 3.97. The first kappa shape index (κ1) is 9.31. The molecular weight excluding hydrogens is 174 g/mol. The van der Waals surface area contributed by atoms with E-state index in [1.54, 1.807) is 6.20 Å². The second kappa shape index (κ2) is 3.86. The van der Waals surface area contributed by atoms with Gasteiger partial charge in [0.2, 0.25) is 0 Å². The predicted molar refractivity (Wildman–Crippen MR) is 59.1 cm³/mol. The first-order valence-electron chi connectivity index (χ1n) is 5.27. The Labute approximate surface area is 84.7 Å². The minimum Gasteiger partial charge on any atom is -0.384 e. The zero-order chi connectivity index (χ0) is 9.97. The van der Waals surface area contributed by atoms with Gasteiger partial charge in [0.05, 0.1) is 11.9 Å². The van der Waals surface area contributed by atoms with Crippen molar-refractivity contribution in [2.45, 2.75) is 32.2 Å². The predicted octanol–water partition coefficient (Wildman–Crippen LogP) is 2.26. The Bertz CT molecular complexity index is 290. The van der Waals surface area contributed by atoms with Gasteiger partial charge in [0, 0.05) is 6.04 Å². The van der Waals surface area contributed by atoms with E-state index in [9.17, 15) is 0 Å². The topological polar surface area (TPSA) is 50.9 Å². The highest BCUT2D eigenvalue weighted by atomic mass is 15.0. The fourth-order valence-electron chi connectivity index (χ4n) is 1.76. The van der Waals surface area contributed by atoms with Crippen LogP contribution in [0.3, 0.4) is 0 Å². The normalized spacial score (nSPS) is 17.8. The molecule has 1 fully saturated rings. The number of nitrogens with one attached hydrogen (secondary N) is 1. The molecule has 0 radical (unpaired) electrons.